The molecule has 1 aromatic heterocycles. The maximum Gasteiger partial charge on any atom is 0.226 e. The molecule has 0 saturated carbocycles. The Bertz CT molecular complexity index is 569. The molecule has 0 amide bonds. The molecule has 0 atom stereocenters. The van der Waals surface area contributed by atoms with Crippen LogP contribution in [0.15, 0.2) is 24.3 Å². The molecule has 0 aliphatic heterocycles. The number of nitrogens with zero attached hydrogens (tertiary/aromatic N) is 3. The molecule has 1 heterocycles. The summed E-state index contributed by atoms with van der Waals surface area (Å²) in [5.74, 6) is 1.28. The van der Waals surface area contributed by atoms with Crippen LogP contribution in [-0.2, 0) is 0 Å². The normalized spacial score (nSPS) is 11.0. The molecule has 1 N–H and O–H groups in total. The number of aromatic nitrogens is 2. The van der Waals surface area contributed by atoms with Gasteiger partial charge in [-0.2, -0.15) is 4.98 Å². The summed E-state index contributed by atoms with van der Waals surface area (Å²) in [5, 5.41) is 4.11. The average Bonchev–Trinajstić information content (AvgIpc) is 2.52. The first-order valence-corrected chi connectivity index (χ1v) is 7.64. The van der Waals surface area contributed by atoms with Crippen molar-refractivity contribution in [2.45, 2.75) is 20.8 Å². The third-order valence-corrected chi connectivity index (χ3v) is 3.44. The van der Waals surface area contributed by atoms with E-state index in [1.165, 1.54) is 0 Å². The molecule has 0 bridgehead atoms. The molecule has 0 radical (unpaired) electrons. The molecular weight excluding hydrogens is 264 g/mol. The molecule has 2 aromatic rings. The van der Waals surface area contributed by atoms with Gasteiger partial charge in [-0.1, -0.05) is 26.0 Å². The lowest BCUT2D eigenvalue weighted by atomic mass is 10.2. The number of rotatable bonds is 8. The average molecular weight is 288 g/mol. The largest absolute Gasteiger partial charge is 0.476 e. The molecule has 0 unspecified atom stereocenters. The van der Waals surface area contributed by atoms with Gasteiger partial charge >= 0.3 is 0 Å². The van der Waals surface area contributed by atoms with Gasteiger partial charge in [0.15, 0.2) is 0 Å². The summed E-state index contributed by atoms with van der Waals surface area (Å²) in [5.41, 5.74) is 0.904. The van der Waals surface area contributed by atoms with Crippen LogP contribution >= 0.6 is 0 Å². The summed E-state index contributed by atoms with van der Waals surface area (Å²) in [4.78, 5) is 11.3. The fraction of sp³-hybridized carbons (Fsp3) is 0.500. The van der Waals surface area contributed by atoms with Crippen LogP contribution in [-0.4, -0.2) is 47.7 Å². The monoisotopic (exact) mass is 288 g/mol. The van der Waals surface area contributed by atoms with E-state index in [0.29, 0.717) is 18.4 Å². The van der Waals surface area contributed by atoms with Crippen molar-refractivity contribution in [3.63, 3.8) is 0 Å². The van der Waals surface area contributed by atoms with Crippen LogP contribution in [0, 0.1) is 0 Å². The first kappa shape index (κ1) is 15.5. The Balaban J connectivity index is 2.16. The molecule has 21 heavy (non-hydrogen) atoms. The summed E-state index contributed by atoms with van der Waals surface area (Å²) in [6.45, 7) is 10.7. The van der Waals surface area contributed by atoms with E-state index in [1.807, 2.05) is 31.2 Å². The fourth-order valence-electron chi connectivity index (χ4n) is 2.21. The molecule has 2 rings (SSSR count). The summed E-state index contributed by atoms with van der Waals surface area (Å²) >= 11 is 0. The van der Waals surface area contributed by atoms with Crippen molar-refractivity contribution in [3.8, 4) is 5.88 Å². The second-order valence-corrected chi connectivity index (χ2v) is 4.78. The molecule has 5 nitrogen and oxygen atoms in total. The molecule has 114 valence electrons. The number of likely N-dealkylation sites (N-methyl/N-ethyl adjacent to an activating group) is 1. The van der Waals surface area contributed by atoms with E-state index >= 15 is 0 Å². The van der Waals surface area contributed by atoms with Crippen molar-refractivity contribution in [2.75, 3.05) is 38.1 Å². The molecule has 0 spiro atoms. The van der Waals surface area contributed by atoms with Crippen LogP contribution in [0.1, 0.15) is 20.8 Å². The second-order valence-electron chi connectivity index (χ2n) is 4.78. The summed E-state index contributed by atoms with van der Waals surface area (Å²) in [7, 11) is 0. The second kappa shape index (κ2) is 7.78. The number of hydrogen-bond acceptors (Lipinski definition) is 5. The predicted octanol–water partition coefficient (Wildman–Crippen LogP) is 2.78. The minimum atomic E-state index is 0.619. The van der Waals surface area contributed by atoms with E-state index in [-0.39, 0.29) is 0 Å². The number of para-hydroxylation sites is 1. The predicted molar refractivity (Wildman–Crippen MR) is 87.0 cm³/mol. The lowest BCUT2D eigenvalue weighted by molar-refractivity contribution is 0.219. The van der Waals surface area contributed by atoms with E-state index in [9.17, 15) is 0 Å². The minimum Gasteiger partial charge on any atom is -0.476 e. The number of fused-ring (bicyclic) bond motifs is 1. The van der Waals surface area contributed by atoms with E-state index in [4.69, 9.17) is 4.74 Å². The van der Waals surface area contributed by atoms with Crippen molar-refractivity contribution >= 4 is 16.9 Å². The van der Waals surface area contributed by atoms with Gasteiger partial charge in [0.25, 0.3) is 0 Å². The maximum absolute atomic E-state index is 5.91. The number of hydrogen-bond donors (Lipinski definition) is 1. The van der Waals surface area contributed by atoms with Crippen LogP contribution in [0.5, 0.6) is 5.88 Å². The highest BCUT2D eigenvalue weighted by Gasteiger charge is 2.08. The molecule has 0 aliphatic rings. The Labute approximate surface area is 126 Å². The molecule has 0 aliphatic carbocycles. The summed E-state index contributed by atoms with van der Waals surface area (Å²) < 4.78 is 5.91. The van der Waals surface area contributed by atoms with Gasteiger partial charge in [0.2, 0.25) is 11.8 Å². The summed E-state index contributed by atoms with van der Waals surface area (Å²) in [6, 6.07) is 7.94. The van der Waals surface area contributed by atoms with Crippen molar-refractivity contribution < 1.29 is 4.74 Å². The number of ether oxygens (including phenoxy) is 1. The smallest absolute Gasteiger partial charge is 0.226 e. The van der Waals surface area contributed by atoms with Gasteiger partial charge in [-0.25, -0.2) is 4.98 Å². The standard InChI is InChI=1S/C16H24N4O/c1-4-17-16-18-14-10-8-7-9-13(14)15(19-16)21-12-11-20(5-2)6-3/h7-10H,4-6,11-12H2,1-3H3,(H,17,18,19). The van der Waals surface area contributed by atoms with Gasteiger partial charge in [-0.3, -0.25) is 0 Å². The van der Waals surface area contributed by atoms with Gasteiger partial charge in [-0.05, 0) is 32.1 Å². The van der Waals surface area contributed by atoms with E-state index in [0.717, 1.165) is 37.1 Å². The Hall–Kier alpha value is -1.88. The van der Waals surface area contributed by atoms with Gasteiger partial charge in [0.05, 0.1) is 10.9 Å². The van der Waals surface area contributed by atoms with Crippen LogP contribution < -0.4 is 10.1 Å². The Morgan fingerprint density at radius 2 is 1.86 bits per heavy atom. The van der Waals surface area contributed by atoms with Crippen LogP contribution in [0.2, 0.25) is 0 Å². The Morgan fingerprint density at radius 1 is 1.10 bits per heavy atom. The third kappa shape index (κ3) is 4.04. The lowest BCUT2D eigenvalue weighted by Gasteiger charge is -2.18. The summed E-state index contributed by atoms with van der Waals surface area (Å²) in [6.07, 6.45) is 0. The molecule has 0 saturated heterocycles. The van der Waals surface area contributed by atoms with E-state index in [2.05, 4.69) is 34.0 Å². The highest BCUT2D eigenvalue weighted by atomic mass is 16.5. The lowest BCUT2D eigenvalue weighted by Crippen LogP contribution is -2.28. The topological polar surface area (TPSA) is 50.3 Å². The van der Waals surface area contributed by atoms with Crippen LogP contribution in [0.3, 0.4) is 0 Å². The van der Waals surface area contributed by atoms with Crippen LogP contribution in [0.4, 0.5) is 5.95 Å². The highest BCUT2D eigenvalue weighted by Crippen LogP contribution is 2.23. The number of anilines is 1. The Morgan fingerprint density at radius 3 is 2.57 bits per heavy atom. The first-order chi connectivity index (χ1) is 10.3. The SMILES string of the molecule is CCNc1nc(OCCN(CC)CC)c2ccccc2n1. The fourth-order valence-corrected chi connectivity index (χ4v) is 2.21. The highest BCUT2D eigenvalue weighted by molar-refractivity contribution is 5.84. The molecular formula is C16H24N4O. The third-order valence-electron chi connectivity index (χ3n) is 3.44. The zero-order chi connectivity index (χ0) is 15.1. The van der Waals surface area contributed by atoms with E-state index in [1.54, 1.807) is 0 Å². The van der Waals surface area contributed by atoms with Crippen LogP contribution in [0.25, 0.3) is 10.9 Å². The van der Waals surface area contributed by atoms with Gasteiger partial charge in [0.1, 0.15) is 6.61 Å². The quantitative estimate of drug-likeness (QED) is 0.809. The molecule has 0 fully saturated rings. The van der Waals surface area contributed by atoms with Crippen molar-refractivity contribution in [2.24, 2.45) is 0 Å². The van der Waals surface area contributed by atoms with E-state index < -0.39 is 0 Å². The van der Waals surface area contributed by atoms with Crippen molar-refractivity contribution in [1.82, 2.24) is 14.9 Å². The maximum atomic E-state index is 5.91. The van der Waals surface area contributed by atoms with Gasteiger partial charge in [0, 0.05) is 13.1 Å². The number of benzene rings is 1. The zero-order valence-corrected chi connectivity index (χ0v) is 13.1. The molecule has 5 heteroatoms. The first-order valence-electron chi connectivity index (χ1n) is 7.64. The van der Waals surface area contributed by atoms with Crippen molar-refractivity contribution in [1.29, 1.82) is 0 Å². The van der Waals surface area contributed by atoms with Gasteiger partial charge < -0.3 is 15.0 Å². The number of nitrogens with one attached hydrogen (secondary N) is 1. The molecule has 1 aromatic carbocycles. The Kier molecular flexibility index (Phi) is 5.75. The van der Waals surface area contributed by atoms with Crippen molar-refractivity contribution in [3.05, 3.63) is 24.3 Å². The van der Waals surface area contributed by atoms with Gasteiger partial charge in [-0.15, -0.1) is 0 Å². The minimum absolute atomic E-state index is 0.619. The zero-order valence-electron chi connectivity index (χ0n) is 13.1.